The van der Waals surface area contributed by atoms with Crippen molar-refractivity contribution in [1.82, 2.24) is 4.90 Å². The molecule has 0 spiro atoms. The quantitative estimate of drug-likeness (QED) is 0.923. The number of primary sulfonamides is 1. The molecule has 0 aliphatic rings. The third kappa shape index (κ3) is 4.82. The van der Waals surface area contributed by atoms with E-state index in [0.29, 0.717) is 18.5 Å². The minimum Gasteiger partial charge on any atom is -0.341 e. The Kier molecular flexibility index (Phi) is 5.17. The van der Waals surface area contributed by atoms with E-state index in [9.17, 15) is 13.2 Å². The van der Waals surface area contributed by atoms with Crippen molar-refractivity contribution in [3.05, 3.63) is 29.3 Å². The fraction of sp³-hybridized carbons (Fsp3) is 0.533. The number of hydrogen-bond donors (Lipinski definition) is 1. The van der Waals surface area contributed by atoms with E-state index in [4.69, 9.17) is 5.14 Å². The molecule has 21 heavy (non-hydrogen) atoms. The molecule has 0 aliphatic heterocycles. The van der Waals surface area contributed by atoms with Crippen molar-refractivity contribution in [3.63, 3.8) is 0 Å². The molecule has 0 aromatic heterocycles. The normalized spacial score (nSPS) is 12.3. The Bertz CT molecular complexity index is 631. The molecule has 2 N–H and O–H groups in total. The molecule has 6 heteroatoms. The Morgan fingerprint density at radius 3 is 2.29 bits per heavy atom. The molecule has 1 aromatic rings. The molecular weight excluding hydrogens is 288 g/mol. The lowest BCUT2D eigenvalue weighted by molar-refractivity contribution is 0.0744. The maximum absolute atomic E-state index is 12.6. The molecule has 1 amide bonds. The maximum atomic E-state index is 12.6. The van der Waals surface area contributed by atoms with Crippen molar-refractivity contribution in [2.24, 2.45) is 10.6 Å². The number of rotatable bonds is 4. The fourth-order valence-electron chi connectivity index (χ4n) is 2.23. The van der Waals surface area contributed by atoms with Gasteiger partial charge in [0.25, 0.3) is 5.91 Å². The minimum absolute atomic E-state index is 0.0334. The Labute approximate surface area is 127 Å². The van der Waals surface area contributed by atoms with Crippen molar-refractivity contribution < 1.29 is 13.2 Å². The SMILES string of the molecule is CCc1ccc(S(N)(=O)=O)cc1C(=O)N(C)CC(C)(C)C. The van der Waals surface area contributed by atoms with Crippen LogP contribution in [-0.4, -0.2) is 32.8 Å². The average molecular weight is 312 g/mol. The van der Waals surface area contributed by atoms with Crippen LogP contribution in [0.25, 0.3) is 0 Å². The van der Waals surface area contributed by atoms with Crippen molar-refractivity contribution in [1.29, 1.82) is 0 Å². The van der Waals surface area contributed by atoms with Crippen molar-refractivity contribution in [3.8, 4) is 0 Å². The fourth-order valence-corrected chi connectivity index (χ4v) is 2.77. The molecule has 0 aliphatic carbocycles. The molecule has 5 nitrogen and oxygen atoms in total. The Balaban J connectivity index is 3.24. The van der Waals surface area contributed by atoms with Gasteiger partial charge in [-0.05, 0) is 29.5 Å². The summed E-state index contributed by atoms with van der Waals surface area (Å²) in [5.74, 6) is -0.188. The van der Waals surface area contributed by atoms with E-state index in [2.05, 4.69) is 0 Å². The van der Waals surface area contributed by atoms with Crippen LogP contribution in [-0.2, 0) is 16.4 Å². The zero-order valence-corrected chi connectivity index (χ0v) is 14.1. The number of aryl methyl sites for hydroxylation is 1. The van der Waals surface area contributed by atoms with Gasteiger partial charge in [-0.25, -0.2) is 13.6 Å². The molecule has 0 unspecified atom stereocenters. The van der Waals surface area contributed by atoms with E-state index < -0.39 is 10.0 Å². The van der Waals surface area contributed by atoms with Crippen molar-refractivity contribution >= 4 is 15.9 Å². The van der Waals surface area contributed by atoms with Gasteiger partial charge in [0.1, 0.15) is 0 Å². The van der Waals surface area contributed by atoms with Crippen LogP contribution in [0.4, 0.5) is 0 Å². The first-order chi connectivity index (χ1) is 9.45. The smallest absolute Gasteiger partial charge is 0.253 e. The van der Waals surface area contributed by atoms with Crippen LogP contribution in [0.3, 0.4) is 0 Å². The number of sulfonamides is 1. The van der Waals surface area contributed by atoms with Crippen LogP contribution in [0.2, 0.25) is 0 Å². The van der Waals surface area contributed by atoms with Crippen LogP contribution in [0.15, 0.2) is 23.1 Å². The molecule has 0 saturated heterocycles. The highest BCUT2D eigenvalue weighted by atomic mass is 32.2. The minimum atomic E-state index is -3.82. The van der Waals surface area contributed by atoms with Gasteiger partial charge >= 0.3 is 0 Å². The second-order valence-corrected chi connectivity index (χ2v) is 8.00. The molecule has 0 radical (unpaired) electrons. The Hall–Kier alpha value is -1.40. The van der Waals surface area contributed by atoms with Gasteiger partial charge < -0.3 is 4.90 Å². The predicted octanol–water partition coefficient (Wildman–Crippen LogP) is 2.01. The van der Waals surface area contributed by atoms with Gasteiger partial charge in [-0.3, -0.25) is 4.79 Å². The Morgan fingerprint density at radius 2 is 1.86 bits per heavy atom. The average Bonchev–Trinajstić information content (AvgIpc) is 2.33. The lowest BCUT2D eigenvalue weighted by Crippen LogP contribution is -2.35. The summed E-state index contributed by atoms with van der Waals surface area (Å²) >= 11 is 0. The molecule has 1 aromatic carbocycles. The highest BCUT2D eigenvalue weighted by Crippen LogP contribution is 2.20. The van der Waals surface area contributed by atoms with Crippen LogP contribution in [0.1, 0.15) is 43.6 Å². The predicted molar refractivity (Wildman–Crippen MR) is 83.6 cm³/mol. The summed E-state index contributed by atoms with van der Waals surface area (Å²) in [7, 11) is -2.10. The molecule has 0 fully saturated rings. The first-order valence-electron chi connectivity index (χ1n) is 6.87. The van der Waals surface area contributed by atoms with Gasteiger partial charge in [-0.15, -0.1) is 0 Å². The van der Waals surface area contributed by atoms with Gasteiger partial charge in [0.15, 0.2) is 0 Å². The first-order valence-corrected chi connectivity index (χ1v) is 8.41. The van der Waals surface area contributed by atoms with Crippen LogP contribution >= 0.6 is 0 Å². The van der Waals surface area contributed by atoms with E-state index in [1.165, 1.54) is 12.1 Å². The molecule has 0 bridgehead atoms. The van der Waals surface area contributed by atoms with E-state index in [1.807, 2.05) is 27.7 Å². The summed E-state index contributed by atoms with van der Waals surface area (Å²) in [5.41, 5.74) is 1.18. The monoisotopic (exact) mass is 312 g/mol. The molecule has 118 valence electrons. The number of hydrogen-bond acceptors (Lipinski definition) is 3. The van der Waals surface area contributed by atoms with Crippen LogP contribution < -0.4 is 5.14 Å². The number of carbonyl (C=O) groups is 1. The third-order valence-electron chi connectivity index (χ3n) is 3.08. The largest absolute Gasteiger partial charge is 0.341 e. The van der Waals surface area contributed by atoms with Crippen LogP contribution in [0.5, 0.6) is 0 Å². The number of amides is 1. The second-order valence-electron chi connectivity index (χ2n) is 6.44. The summed E-state index contributed by atoms with van der Waals surface area (Å²) in [5, 5.41) is 5.14. The molecule has 0 atom stereocenters. The number of carbonyl (C=O) groups excluding carboxylic acids is 1. The number of nitrogens with zero attached hydrogens (tertiary/aromatic N) is 1. The topological polar surface area (TPSA) is 80.5 Å². The van der Waals surface area contributed by atoms with E-state index in [0.717, 1.165) is 5.56 Å². The summed E-state index contributed by atoms with van der Waals surface area (Å²) in [6.45, 7) is 8.62. The highest BCUT2D eigenvalue weighted by Gasteiger charge is 2.22. The molecule has 1 rings (SSSR count). The van der Waals surface area contributed by atoms with E-state index in [1.54, 1.807) is 18.0 Å². The summed E-state index contributed by atoms with van der Waals surface area (Å²) in [6, 6.07) is 4.46. The molecule has 0 saturated carbocycles. The van der Waals surface area contributed by atoms with Gasteiger partial charge in [0.2, 0.25) is 10.0 Å². The summed E-state index contributed by atoms with van der Waals surface area (Å²) in [4.78, 5) is 14.1. The van der Waals surface area contributed by atoms with Crippen molar-refractivity contribution in [2.75, 3.05) is 13.6 Å². The lowest BCUT2D eigenvalue weighted by atomic mass is 9.95. The standard InChI is InChI=1S/C15H24N2O3S/c1-6-11-7-8-12(21(16,19)20)9-13(11)14(18)17(5)10-15(2,3)4/h7-9H,6,10H2,1-5H3,(H2,16,19,20). The maximum Gasteiger partial charge on any atom is 0.253 e. The van der Waals surface area contributed by atoms with Gasteiger partial charge in [-0.2, -0.15) is 0 Å². The van der Waals surface area contributed by atoms with Gasteiger partial charge in [0, 0.05) is 19.2 Å². The lowest BCUT2D eigenvalue weighted by Gasteiger charge is -2.27. The number of benzene rings is 1. The molecule has 0 heterocycles. The number of nitrogens with two attached hydrogens (primary N) is 1. The summed E-state index contributed by atoms with van der Waals surface area (Å²) in [6.07, 6.45) is 0.648. The zero-order valence-electron chi connectivity index (χ0n) is 13.3. The summed E-state index contributed by atoms with van der Waals surface area (Å²) < 4.78 is 22.9. The molecular formula is C15H24N2O3S. The van der Waals surface area contributed by atoms with Crippen LogP contribution in [0, 0.1) is 5.41 Å². The zero-order chi connectivity index (χ0) is 16.4. The highest BCUT2D eigenvalue weighted by molar-refractivity contribution is 7.89. The van der Waals surface area contributed by atoms with Crippen molar-refractivity contribution in [2.45, 2.75) is 39.0 Å². The van der Waals surface area contributed by atoms with Gasteiger partial charge in [0.05, 0.1) is 4.90 Å². The van der Waals surface area contributed by atoms with E-state index in [-0.39, 0.29) is 16.2 Å². The Morgan fingerprint density at radius 1 is 1.29 bits per heavy atom. The first kappa shape index (κ1) is 17.7. The second kappa shape index (κ2) is 6.15. The van der Waals surface area contributed by atoms with Gasteiger partial charge in [-0.1, -0.05) is 33.8 Å². The third-order valence-corrected chi connectivity index (χ3v) is 3.99. The van der Waals surface area contributed by atoms with E-state index >= 15 is 0 Å².